The van der Waals surface area contributed by atoms with E-state index >= 15 is 0 Å². The van der Waals surface area contributed by atoms with Gasteiger partial charge in [0, 0.05) is 39.4 Å². The molecule has 7 nitrogen and oxygen atoms in total. The van der Waals surface area contributed by atoms with E-state index in [-0.39, 0.29) is 24.7 Å². The minimum atomic E-state index is -3.31. The fraction of sp³-hybridized carbons (Fsp3) is 0.923. The lowest BCUT2D eigenvalue weighted by Crippen LogP contribution is -2.50. The molecule has 0 atom stereocenters. The van der Waals surface area contributed by atoms with Gasteiger partial charge in [-0.1, -0.05) is 13.8 Å². The summed E-state index contributed by atoms with van der Waals surface area (Å²) >= 11 is 0. The van der Waals surface area contributed by atoms with E-state index in [2.05, 4.69) is 5.32 Å². The third kappa shape index (κ3) is 4.64. The van der Waals surface area contributed by atoms with Crippen molar-refractivity contribution in [2.24, 2.45) is 11.1 Å². The highest BCUT2D eigenvalue weighted by Crippen LogP contribution is 2.29. The summed E-state index contributed by atoms with van der Waals surface area (Å²) in [6.45, 7) is 5.87. The van der Waals surface area contributed by atoms with Gasteiger partial charge >= 0.3 is 0 Å². The van der Waals surface area contributed by atoms with E-state index in [1.807, 2.05) is 0 Å². The van der Waals surface area contributed by atoms with E-state index in [1.54, 1.807) is 13.8 Å². The van der Waals surface area contributed by atoms with E-state index in [1.165, 1.54) is 4.31 Å². The summed E-state index contributed by atoms with van der Waals surface area (Å²) in [7, 11) is -3.31. The molecule has 21 heavy (non-hydrogen) atoms. The van der Waals surface area contributed by atoms with Crippen LogP contribution >= 0.6 is 0 Å². The maximum absolute atomic E-state index is 12.3. The predicted octanol–water partition coefficient (Wildman–Crippen LogP) is -0.470. The molecule has 0 saturated carbocycles. The fourth-order valence-corrected chi connectivity index (χ4v) is 3.92. The van der Waals surface area contributed by atoms with Crippen LogP contribution in [0.15, 0.2) is 0 Å². The number of carbonyl (C=O) groups is 1. The largest absolute Gasteiger partial charge is 0.381 e. The molecule has 1 amide bonds. The van der Waals surface area contributed by atoms with Crippen LogP contribution in [-0.2, 0) is 19.6 Å². The van der Waals surface area contributed by atoms with Crippen LogP contribution in [0.2, 0.25) is 0 Å². The van der Waals surface area contributed by atoms with Crippen molar-refractivity contribution in [2.75, 3.05) is 45.1 Å². The van der Waals surface area contributed by atoms with Crippen molar-refractivity contribution in [3.05, 3.63) is 0 Å². The Hall–Kier alpha value is -0.700. The summed E-state index contributed by atoms with van der Waals surface area (Å²) in [5.41, 5.74) is 5.13. The van der Waals surface area contributed by atoms with Crippen LogP contribution in [0.5, 0.6) is 0 Å². The van der Waals surface area contributed by atoms with E-state index in [0.717, 1.165) is 0 Å². The minimum absolute atomic E-state index is 0.0857. The second-order valence-corrected chi connectivity index (χ2v) is 7.34. The van der Waals surface area contributed by atoms with Crippen molar-refractivity contribution in [3.8, 4) is 0 Å². The summed E-state index contributed by atoms with van der Waals surface area (Å²) in [4.78, 5) is 12.3. The van der Waals surface area contributed by atoms with Crippen molar-refractivity contribution in [2.45, 2.75) is 26.7 Å². The maximum atomic E-state index is 12.3. The molecule has 8 heteroatoms. The highest BCUT2D eigenvalue weighted by atomic mass is 32.2. The molecular formula is C13H27N3O4S. The van der Waals surface area contributed by atoms with Gasteiger partial charge in [-0.25, -0.2) is 12.7 Å². The number of carbonyl (C=O) groups excluding carboxylic acids is 1. The Morgan fingerprint density at radius 2 is 1.86 bits per heavy atom. The van der Waals surface area contributed by atoms with Crippen molar-refractivity contribution in [1.29, 1.82) is 0 Å². The zero-order valence-electron chi connectivity index (χ0n) is 12.9. The number of hydrogen-bond acceptors (Lipinski definition) is 5. The number of rotatable bonds is 8. The van der Waals surface area contributed by atoms with Crippen LogP contribution in [0.3, 0.4) is 0 Å². The van der Waals surface area contributed by atoms with Crippen molar-refractivity contribution in [1.82, 2.24) is 9.62 Å². The predicted molar refractivity (Wildman–Crippen MR) is 81.3 cm³/mol. The summed E-state index contributed by atoms with van der Waals surface area (Å²) < 4.78 is 30.7. The number of ether oxygens (including phenoxy) is 1. The standard InChI is InChI=1S/C13H27N3O4S/c1-3-16(4-2)21(18,19)10-7-15-12(17)13(11-14)5-8-20-9-6-13/h3-11,14H2,1-2H3,(H,15,17). The van der Waals surface area contributed by atoms with Gasteiger partial charge < -0.3 is 15.8 Å². The average Bonchev–Trinajstić information content (AvgIpc) is 2.48. The van der Waals surface area contributed by atoms with Crippen molar-refractivity contribution >= 4 is 15.9 Å². The number of sulfonamides is 1. The highest BCUT2D eigenvalue weighted by molar-refractivity contribution is 7.89. The molecule has 0 aliphatic carbocycles. The van der Waals surface area contributed by atoms with Crippen LogP contribution in [-0.4, -0.2) is 63.8 Å². The van der Waals surface area contributed by atoms with Crippen molar-refractivity contribution in [3.63, 3.8) is 0 Å². The van der Waals surface area contributed by atoms with Gasteiger partial charge in [0.15, 0.2) is 0 Å². The molecule has 1 aliphatic heterocycles. The van der Waals surface area contributed by atoms with E-state index in [4.69, 9.17) is 10.5 Å². The Labute approximate surface area is 127 Å². The summed E-state index contributed by atoms with van der Waals surface area (Å²) in [5, 5.41) is 2.72. The Balaban J connectivity index is 2.53. The molecule has 0 aromatic heterocycles. The minimum Gasteiger partial charge on any atom is -0.381 e. The molecule has 1 fully saturated rings. The third-order valence-corrected chi connectivity index (χ3v) is 6.09. The lowest BCUT2D eigenvalue weighted by Gasteiger charge is -2.34. The Morgan fingerprint density at radius 1 is 1.29 bits per heavy atom. The van der Waals surface area contributed by atoms with Gasteiger partial charge in [-0.2, -0.15) is 0 Å². The number of nitrogens with one attached hydrogen (secondary N) is 1. The molecule has 0 unspecified atom stereocenters. The molecular weight excluding hydrogens is 294 g/mol. The third-order valence-electron chi connectivity index (χ3n) is 4.07. The fourth-order valence-electron chi connectivity index (χ4n) is 2.51. The van der Waals surface area contributed by atoms with E-state index in [9.17, 15) is 13.2 Å². The van der Waals surface area contributed by atoms with Gasteiger partial charge in [0.05, 0.1) is 11.2 Å². The molecule has 124 valence electrons. The SMILES string of the molecule is CCN(CC)S(=O)(=O)CCNC(=O)C1(CN)CCOCC1. The van der Waals surface area contributed by atoms with Crippen LogP contribution in [0.4, 0.5) is 0 Å². The smallest absolute Gasteiger partial charge is 0.227 e. The molecule has 1 heterocycles. The first-order valence-electron chi connectivity index (χ1n) is 7.46. The highest BCUT2D eigenvalue weighted by Gasteiger charge is 2.38. The van der Waals surface area contributed by atoms with Gasteiger partial charge in [0.2, 0.25) is 15.9 Å². The zero-order valence-corrected chi connectivity index (χ0v) is 13.7. The second-order valence-electron chi connectivity index (χ2n) is 5.25. The average molecular weight is 321 g/mol. The van der Waals surface area contributed by atoms with E-state index < -0.39 is 15.4 Å². The van der Waals surface area contributed by atoms with Gasteiger partial charge in [-0.3, -0.25) is 4.79 Å². The topological polar surface area (TPSA) is 102 Å². The lowest BCUT2D eigenvalue weighted by atomic mass is 9.79. The summed E-state index contributed by atoms with van der Waals surface area (Å²) in [6, 6.07) is 0. The molecule has 0 aromatic rings. The summed E-state index contributed by atoms with van der Waals surface area (Å²) in [6.07, 6.45) is 1.16. The zero-order chi connectivity index (χ0) is 15.9. The Bertz CT molecular complexity index is 429. The first-order valence-corrected chi connectivity index (χ1v) is 9.06. The maximum Gasteiger partial charge on any atom is 0.227 e. The number of amides is 1. The van der Waals surface area contributed by atoms with Crippen LogP contribution in [0, 0.1) is 5.41 Å². The molecule has 1 rings (SSSR count). The molecule has 0 radical (unpaired) electrons. The van der Waals surface area contributed by atoms with Gasteiger partial charge in [-0.05, 0) is 12.8 Å². The first kappa shape index (κ1) is 18.3. The molecule has 0 aromatic carbocycles. The monoisotopic (exact) mass is 321 g/mol. The number of nitrogens with two attached hydrogens (primary N) is 1. The molecule has 0 spiro atoms. The Morgan fingerprint density at radius 3 is 2.33 bits per heavy atom. The lowest BCUT2D eigenvalue weighted by molar-refractivity contribution is -0.135. The summed E-state index contributed by atoms with van der Waals surface area (Å²) in [5.74, 6) is -0.250. The van der Waals surface area contributed by atoms with E-state index in [0.29, 0.717) is 39.1 Å². The van der Waals surface area contributed by atoms with Crippen LogP contribution < -0.4 is 11.1 Å². The number of hydrogen-bond donors (Lipinski definition) is 2. The van der Waals surface area contributed by atoms with Crippen LogP contribution in [0.25, 0.3) is 0 Å². The van der Waals surface area contributed by atoms with Crippen molar-refractivity contribution < 1.29 is 17.9 Å². The molecule has 1 aliphatic rings. The molecule has 3 N–H and O–H groups in total. The molecule has 0 bridgehead atoms. The first-order chi connectivity index (χ1) is 9.91. The normalized spacial score (nSPS) is 18.7. The Kier molecular flexibility index (Phi) is 7.05. The van der Waals surface area contributed by atoms with Gasteiger partial charge in [-0.15, -0.1) is 0 Å². The second kappa shape index (κ2) is 8.07. The molecule has 1 saturated heterocycles. The van der Waals surface area contributed by atoms with Gasteiger partial charge in [0.25, 0.3) is 0 Å². The van der Waals surface area contributed by atoms with Crippen LogP contribution in [0.1, 0.15) is 26.7 Å². The quantitative estimate of drug-likeness (QED) is 0.629. The van der Waals surface area contributed by atoms with Gasteiger partial charge in [0.1, 0.15) is 0 Å². The number of nitrogens with zero attached hydrogens (tertiary/aromatic N) is 1.